The smallest absolute Gasteiger partial charge is 0.407 e. The van der Waals surface area contributed by atoms with Gasteiger partial charge in [-0.25, -0.2) is 19.7 Å². The van der Waals surface area contributed by atoms with Gasteiger partial charge >= 0.3 is 6.09 Å². The van der Waals surface area contributed by atoms with E-state index in [1.54, 1.807) is 12.5 Å². The molecule has 0 spiro atoms. The average Bonchev–Trinajstić information content (AvgIpc) is 3.40. The van der Waals surface area contributed by atoms with E-state index in [1.807, 2.05) is 12.3 Å². The summed E-state index contributed by atoms with van der Waals surface area (Å²) in [5, 5.41) is 4.88. The van der Waals surface area contributed by atoms with Crippen LogP contribution in [0.1, 0.15) is 25.7 Å². The Labute approximate surface area is 156 Å². The maximum atomic E-state index is 12.0. The van der Waals surface area contributed by atoms with Gasteiger partial charge in [0.1, 0.15) is 23.9 Å². The van der Waals surface area contributed by atoms with Gasteiger partial charge in [-0.2, -0.15) is 0 Å². The van der Waals surface area contributed by atoms with Crippen molar-refractivity contribution in [1.29, 1.82) is 0 Å². The molecule has 3 aromatic heterocycles. The molecule has 2 fully saturated rings. The summed E-state index contributed by atoms with van der Waals surface area (Å²) < 4.78 is 5.65. The molecule has 2 N–H and O–H groups in total. The van der Waals surface area contributed by atoms with Crippen LogP contribution in [0, 0.1) is 5.92 Å². The number of fused-ring (bicyclic) bond motifs is 3. The maximum Gasteiger partial charge on any atom is 0.407 e. The lowest BCUT2D eigenvalue weighted by atomic mass is 10.1. The Morgan fingerprint density at radius 2 is 2.22 bits per heavy atom. The van der Waals surface area contributed by atoms with Crippen molar-refractivity contribution in [2.24, 2.45) is 5.92 Å². The number of aromatic nitrogens is 4. The molecule has 0 aromatic carbocycles. The summed E-state index contributed by atoms with van der Waals surface area (Å²) in [6.07, 6.45) is 9.02. The molecule has 4 heterocycles. The summed E-state index contributed by atoms with van der Waals surface area (Å²) in [5.41, 5.74) is 1.64. The summed E-state index contributed by atoms with van der Waals surface area (Å²) in [4.78, 5) is 30.7. The molecule has 1 amide bonds. The number of carbonyl (C=O) groups is 1. The van der Waals surface area contributed by atoms with E-state index >= 15 is 0 Å². The minimum atomic E-state index is -0.307. The van der Waals surface area contributed by atoms with E-state index < -0.39 is 0 Å². The largest absolute Gasteiger partial charge is 0.444 e. The molecular weight excluding hydrogens is 344 g/mol. The Morgan fingerprint density at radius 3 is 3.11 bits per heavy atom. The fourth-order valence-corrected chi connectivity index (χ4v) is 3.75. The molecule has 3 aromatic rings. The number of ether oxygens (including phenoxy) is 1. The van der Waals surface area contributed by atoms with Gasteiger partial charge in [-0.15, -0.1) is 0 Å². The molecule has 5 rings (SSSR count). The SMILES string of the molecule is O=C(NCC1CC1)OC1CCCN(c2ncnc3cnc4[nH]ccc4c23)C1. The number of pyridine rings is 1. The molecule has 140 valence electrons. The van der Waals surface area contributed by atoms with Crippen LogP contribution in [0.5, 0.6) is 0 Å². The second-order valence-electron chi connectivity index (χ2n) is 7.40. The molecule has 27 heavy (non-hydrogen) atoms. The first kappa shape index (κ1) is 16.3. The van der Waals surface area contributed by atoms with Gasteiger partial charge in [0.15, 0.2) is 0 Å². The van der Waals surface area contributed by atoms with Crippen LogP contribution in [0.4, 0.5) is 10.6 Å². The Bertz CT molecular complexity index is 983. The highest BCUT2D eigenvalue weighted by molar-refractivity contribution is 6.08. The van der Waals surface area contributed by atoms with Gasteiger partial charge in [-0.1, -0.05) is 0 Å². The Balaban J connectivity index is 1.37. The second kappa shape index (κ2) is 6.68. The van der Waals surface area contributed by atoms with Crippen LogP contribution < -0.4 is 10.2 Å². The maximum absolute atomic E-state index is 12.0. The molecule has 1 unspecified atom stereocenters. The number of amides is 1. The first-order chi connectivity index (χ1) is 13.3. The molecule has 1 aliphatic heterocycles. The molecule has 2 aliphatic rings. The number of carbonyl (C=O) groups excluding carboxylic acids is 1. The Hall–Kier alpha value is -2.90. The highest BCUT2D eigenvalue weighted by Gasteiger charge is 2.27. The van der Waals surface area contributed by atoms with E-state index in [0.29, 0.717) is 12.5 Å². The highest BCUT2D eigenvalue weighted by Crippen LogP contribution is 2.31. The Kier molecular flexibility index (Phi) is 4.03. The standard InChI is InChI=1S/C19H22N6O2/c26-19(22-8-12-3-4-12)27-13-2-1-7-25(10-13)18-16-14-5-6-20-17(14)21-9-15(16)23-11-24-18/h5-6,9,11-13H,1-4,7-8,10H2,(H,20,21)(H,22,26). The summed E-state index contributed by atoms with van der Waals surface area (Å²) in [6.45, 7) is 2.24. The molecule has 1 saturated carbocycles. The van der Waals surface area contributed by atoms with Crippen LogP contribution in [0.25, 0.3) is 21.9 Å². The fraction of sp³-hybridized carbons (Fsp3) is 0.474. The van der Waals surface area contributed by atoms with Crippen LogP contribution in [-0.2, 0) is 4.74 Å². The minimum absolute atomic E-state index is 0.133. The average molecular weight is 366 g/mol. The van der Waals surface area contributed by atoms with Crippen molar-refractivity contribution >= 4 is 33.8 Å². The van der Waals surface area contributed by atoms with E-state index in [-0.39, 0.29) is 12.2 Å². The number of nitrogens with zero attached hydrogens (tertiary/aromatic N) is 4. The summed E-state index contributed by atoms with van der Waals surface area (Å²) >= 11 is 0. The van der Waals surface area contributed by atoms with Crippen molar-refractivity contribution in [3.8, 4) is 0 Å². The first-order valence-corrected chi connectivity index (χ1v) is 9.54. The van der Waals surface area contributed by atoms with Crippen LogP contribution >= 0.6 is 0 Å². The van der Waals surface area contributed by atoms with E-state index in [4.69, 9.17) is 4.74 Å². The third kappa shape index (κ3) is 3.27. The molecule has 0 bridgehead atoms. The van der Waals surface area contributed by atoms with Gasteiger partial charge in [0.25, 0.3) is 0 Å². The van der Waals surface area contributed by atoms with Gasteiger partial charge in [0.2, 0.25) is 0 Å². The first-order valence-electron chi connectivity index (χ1n) is 9.54. The van der Waals surface area contributed by atoms with Crippen LogP contribution in [0.15, 0.2) is 24.8 Å². The summed E-state index contributed by atoms with van der Waals surface area (Å²) in [6, 6.07) is 2.00. The lowest BCUT2D eigenvalue weighted by molar-refractivity contribution is 0.0880. The third-order valence-corrected chi connectivity index (χ3v) is 5.35. The zero-order chi connectivity index (χ0) is 18.2. The zero-order valence-electron chi connectivity index (χ0n) is 15.0. The Morgan fingerprint density at radius 1 is 1.30 bits per heavy atom. The molecule has 8 heteroatoms. The second-order valence-corrected chi connectivity index (χ2v) is 7.40. The van der Waals surface area contributed by atoms with E-state index in [9.17, 15) is 4.79 Å². The monoisotopic (exact) mass is 366 g/mol. The van der Waals surface area contributed by atoms with E-state index in [2.05, 4.69) is 30.2 Å². The van der Waals surface area contributed by atoms with Crippen molar-refractivity contribution in [2.45, 2.75) is 31.8 Å². The van der Waals surface area contributed by atoms with Crippen LogP contribution in [-0.4, -0.2) is 51.8 Å². The van der Waals surface area contributed by atoms with Crippen molar-refractivity contribution in [1.82, 2.24) is 25.3 Å². The van der Waals surface area contributed by atoms with Crippen molar-refractivity contribution < 1.29 is 9.53 Å². The number of piperidine rings is 1. The lowest BCUT2D eigenvalue weighted by Crippen LogP contribution is -2.43. The van der Waals surface area contributed by atoms with Gasteiger partial charge in [0.05, 0.1) is 23.6 Å². The third-order valence-electron chi connectivity index (χ3n) is 5.35. The quantitative estimate of drug-likeness (QED) is 0.737. The summed E-state index contributed by atoms with van der Waals surface area (Å²) in [5.74, 6) is 1.52. The minimum Gasteiger partial charge on any atom is -0.444 e. The number of H-pyrrole nitrogens is 1. The zero-order valence-corrected chi connectivity index (χ0v) is 15.0. The number of hydrogen-bond donors (Lipinski definition) is 2. The topological polar surface area (TPSA) is 96.0 Å². The number of rotatable bonds is 4. The van der Waals surface area contributed by atoms with Crippen molar-refractivity contribution in [3.05, 3.63) is 24.8 Å². The highest BCUT2D eigenvalue weighted by atomic mass is 16.6. The number of hydrogen-bond acceptors (Lipinski definition) is 6. The number of anilines is 1. The molecule has 8 nitrogen and oxygen atoms in total. The molecule has 1 aliphatic carbocycles. The van der Waals surface area contributed by atoms with Gasteiger partial charge < -0.3 is 19.9 Å². The lowest BCUT2D eigenvalue weighted by Gasteiger charge is -2.33. The number of alkyl carbamates (subject to hydrolysis) is 1. The van der Waals surface area contributed by atoms with E-state index in [0.717, 1.165) is 53.7 Å². The van der Waals surface area contributed by atoms with Crippen molar-refractivity contribution in [2.75, 3.05) is 24.5 Å². The van der Waals surface area contributed by atoms with Gasteiger partial charge in [0, 0.05) is 24.7 Å². The fourth-order valence-electron chi connectivity index (χ4n) is 3.75. The molecule has 1 atom stereocenters. The predicted octanol–water partition coefficient (Wildman–Crippen LogP) is 2.61. The van der Waals surface area contributed by atoms with Crippen LogP contribution in [0.2, 0.25) is 0 Å². The van der Waals surface area contributed by atoms with Gasteiger partial charge in [-0.3, -0.25) is 0 Å². The normalized spacial score (nSPS) is 20.1. The van der Waals surface area contributed by atoms with Crippen molar-refractivity contribution in [3.63, 3.8) is 0 Å². The number of nitrogens with one attached hydrogen (secondary N) is 2. The molecular formula is C19H22N6O2. The summed E-state index contributed by atoms with van der Waals surface area (Å²) in [7, 11) is 0. The van der Waals surface area contributed by atoms with Gasteiger partial charge in [-0.05, 0) is 37.7 Å². The number of aromatic amines is 1. The molecule has 0 radical (unpaired) electrons. The predicted molar refractivity (Wildman–Crippen MR) is 102 cm³/mol. The van der Waals surface area contributed by atoms with Crippen LogP contribution in [0.3, 0.4) is 0 Å². The van der Waals surface area contributed by atoms with E-state index in [1.165, 1.54) is 12.8 Å². The molecule has 1 saturated heterocycles.